The Kier molecular flexibility index (Phi) is 2.63. The van der Waals surface area contributed by atoms with Crippen molar-refractivity contribution in [3.63, 3.8) is 0 Å². The summed E-state index contributed by atoms with van der Waals surface area (Å²) in [5.41, 5.74) is 2.39. The summed E-state index contributed by atoms with van der Waals surface area (Å²) in [6, 6.07) is 0. The standard InChI is InChI=1S/C8H16P2/c1-3-7(9-5-1)8-4-2-6-10-8/h7-10H,1-6H2/t7-,8-/m0/s1. The lowest BCUT2D eigenvalue weighted by atomic mass is 10.1. The minimum absolute atomic E-state index is 1.20. The van der Waals surface area contributed by atoms with Gasteiger partial charge in [-0.1, -0.05) is 0 Å². The SMILES string of the molecule is C1CP[C@H]([C@@H]2CCCP2)C1. The molecule has 0 aromatic heterocycles. The highest BCUT2D eigenvalue weighted by atomic mass is 31.1. The van der Waals surface area contributed by atoms with Crippen LogP contribution in [0.3, 0.4) is 0 Å². The van der Waals surface area contributed by atoms with Crippen LogP contribution in [-0.4, -0.2) is 23.6 Å². The van der Waals surface area contributed by atoms with Crippen LogP contribution in [0.5, 0.6) is 0 Å². The quantitative estimate of drug-likeness (QED) is 0.536. The van der Waals surface area contributed by atoms with Gasteiger partial charge in [-0.2, -0.15) is 0 Å². The lowest BCUT2D eigenvalue weighted by Crippen LogP contribution is -2.10. The van der Waals surface area contributed by atoms with Gasteiger partial charge in [-0.05, 0) is 49.3 Å². The van der Waals surface area contributed by atoms with E-state index in [0.29, 0.717) is 0 Å². The molecule has 0 amide bonds. The zero-order valence-electron chi connectivity index (χ0n) is 6.40. The van der Waals surface area contributed by atoms with Gasteiger partial charge in [0.15, 0.2) is 0 Å². The molecule has 0 N–H and O–H groups in total. The van der Waals surface area contributed by atoms with Crippen molar-refractivity contribution in [3.8, 4) is 0 Å². The van der Waals surface area contributed by atoms with Gasteiger partial charge in [-0.25, -0.2) is 0 Å². The minimum atomic E-state index is 1.20. The molecule has 2 heteroatoms. The first-order valence-electron chi connectivity index (χ1n) is 4.43. The average molecular weight is 174 g/mol. The third-order valence-corrected chi connectivity index (χ3v) is 6.73. The highest BCUT2D eigenvalue weighted by molar-refractivity contribution is 7.44. The highest BCUT2D eigenvalue weighted by Gasteiger charge is 2.26. The van der Waals surface area contributed by atoms with Gasteiger partial charge in [-0.15, -0.1) is 17.2 Å². The third-order valence-electron chi connectivity index (χ3n) is 2.68. The maximum Gasteiger partial charge on any atom is -0.0171 e. The second-order valence-corrected chi connectivity index (χ2v) is 6.71. The molecule has 58 valence electrons. The zero-order valence-corrected chi connectivity index (χ0v) is 8.40. The number of hydrogen-bond donors (Lipinski definition) is 0. The second kappa shape index (κ2) is 3.51. The predicted molar refractivity (Wildman–Crippen MR) is 52.4 cm³/mol. The molecule has 0 aliphatic carbocycles. The molecule has 0 aromatic carbocycles. The maximum atomic E-state index is 1.58. The first-order chi connectivity index (χ1) is 4.97. The van der Waals surface area contributed by atoms with Gasteiger partial charge < -0.3 is 0 Å². The summed E-state index contributed by atoms with van der Waals surface area (Å²) >= 11 is 0. The Bertz CT molecular complexity index is 87.8. The molecule has 2 heterocycles. The molecule has 0 saturated carbocycles. The molecule has 4 atom stereocenters. The van der Waals surface area contributed by atoms with Crippen molar-refractivity contribution in [3.05, 3.63) is 0 Å². The Morgan fingerprint density at radius 3 is 1.60 bits per heavy atom. The molecule has 2 rings (SSSR count). The average Bonchev–Trinajstić information content (AvgIpc) is 2.59. The van der Waals surface area contributed by atoms with Crippen molar-refractivity contribution in [1.29, 1.82) is 0 Å². The lowest BCUT2D eigenvalue weighted by molar-refractivity contribution is 0.699. The molecule has 0 aromatic rings. The molecule has 2 fully saturated rings. The van der Waals surface area contributed by atoms with Crippen molar-refractivity contribution in [2.45, 2.75) is 37.0 Å². The van der Waals surface area contributed by atoms with E-state index in [0.717, 1.165) is 0 Å². The fraction of sp³-hybridized carbons (Fsp3) is 1.00. The van der Waals surface area contributed by atoms with Gasteiger partial charge in [0.1, 0.15) is 0 Å². The van der Waals surface area contributed by atoms with Crippen LogP contribution in [0, 0.1) is 0 Å². The maximum absolute atomic E-state index is 1.58. The van der Waals surface area contributed by atoms with Crippen molar-refractivity contribution < 1.29 is 0 Å². The molecular formula is C8H16P2. The van der Waals surface area contributed by atoms with Crippen LogP contribution in [0.4, 0.5) is 0 Å². The summed E-state index contributed by atoms with van der Waals surface area (Å²) in [6.45, 7) is 0. The van der Waals surface area contributed by atoms with E-state index >= 15 is 0 Å². The Hall–Kier alpha value is 0.860. The molecule has 10 heavy (non-hydrogen) atoms. The minimum Gasteiger partial charge on any atom is -0.118 e. The summed E-state index contributed by atoms with van der Waals surface area (Å²) in [5, 5.41) is 0. The van der Waals surface area contributed by atoms with Gasteiger partial charge in [0, 0.05) is 0 Å². The van der Waals surface area contributed by atoms with Crippen molar-refractivity contribution in [1.82, 2.24) is 0 Å². The zero-order chi connectivity index (χ0) is 6.81. The predicted octanol–water partition coefficient (Wildman–Crippen LogP) is 2.67. The largest absolute Gasteiger partial charge is 0.118 e. The van der Waals surface area contributed by atoms with Crippen molar-refractivity contribution >= 4 is 17.2 Å². The first-order valence-corrected chi connectivity index (χ1v) is 7.00. The summed E-state index contributed by atoms with van der Waals surface area (Å²) < 4.78 is 0. The Morgan fingerprint density at radius 1 is 0.800 bits per heavy atom. The Balaban J connectivity index is 1.85. The molecule has 2 aliphatic heterocycles. The Morgan fingerprint density at radius 2 is 1.30 bits per heavy atom. The van der Waals surface area contributed by atoms with E-state index in [-0.39, 0.29) is 0 Å². The highest BCUT2D eigenvalue weighted by Crippen LogP contribution is 2.46. The van der Waals surface area contributed by atoms with Gasteiger partial charge in [0.25, 0.3) is 0 Å². The lowest BCUT2D eigenvalue weighted by Gasteiger charge is -2.16. The number of rotatable bonds is 1. The topological polar surface area (TPSA) is 0 Å². The molecule has 0 bridgehead atoms. The van der Waals surface area contributed by atoms with Gasteiger partial charge >= 0.3 is 0 Å². The molecule has 2 saturated heterocycles. The monoisotopic (exact) mass is 174 g/mol. The second-order valence-electron chi connectivity index (χ2n) is 3.41. The van der Waals surface area contributed by atoms with E-state index in [1.807, 2.05) is 0 Å². The van der Waals surface area contributed by atoms with Gasteiger partial charge in [-0.3, -0.25) is 0 Å². The summed E-state index contributed by atoms with van der Waals surface area (Å²) in [4.78, 5) is 0. The normalized spacial score (nSPS) is 45.6. The van der Waals surface area contributed by atoms with Crippen LogP contribution in [0.2, 0.25) is 0 Å². The number of hydrogen-bond acceptors (Lipinski definition) is 0. The van der Waals surface area contributed by atoms with Crippen LogP contribution in [0.15, 0.2) is 0 Å². The molecule has 0 nitrogen and oxygen atoms in total. The molecular weight excluding hydrogens is 158 g/mol. The van der Waals surface area contributed by atoms with E-state index in [9.17, 15) is 0 Å². The van der Waals surface area contributed by atoms with Crippen LogP contribution in [-0.2, 0) is 0 Å². The fourth-order valence-electron chi connectivity index (χ4n) is 2.11. The van der Waals surface area contributed by atoms with Crippen LogP contribution < -0.4 is 0 Å². The smallest absolute Gasteiger partial charge is 0.0171 e. The van der Waals surface area contributed by atoms with Crippen molar-refractivity contribution in [2.75, 3.05) is 12.3 Å². The molecule has 0 radical (unpaired) electrons. The molecule has 2 unspecified atom stereocenters. The first kappa shape index (κ1) is 7.51. The Labute approximate surface area is 67.1 Å². The van der Waals surface area contributed by atoms with Crippen LogP contribution >= 0.6 is 17.2 Å². The van der Waals surface area contributed by atoms with E-state index in [1.54, 1.807) is 38.0 Å². The van der Waals surface area contributed by atoms with Gasteiger partial charge in [0.2, 0.25) is 0 Å². The summed E-state index contributed by atoms with van der Waals surface area (Å²) in [7, 11) is 2.68. The van der Waals surface area contributed by atoms with Crippen LogP contribution in [0.25, 0.3) is 0 Å². The van der Waals surface area contributed by atoms with E-state index in [1.165, 1.54) is 28.5 Å². The van der Waals surface area contributed by atoms with E-state index < -0.39 is 0 Å². The van der Waals surface area contributed by atoms with E-state index in [2.05, 4.69) is 0 Å². The summed E-state index contributed by atoms with van der Waals surface area (Å²) in [5.74, 6) is 0. The summed E-state index contributed by atoms with van der Waals surface area (Å²) in [6.07, 6.45) is 9.37. The van der Waals surface area contributed by atoms with Crippen LogP contribution in [0.1, 0.15) is 25.7 Å². The fourth-order valence-corrected chi connectivity index (χ4v) is 6.09. The molecule has 0 spiro atoms. The van der Waals surface area contributed by atoms with E-state index in [4.69, 9.17) is 0 Å². The van der Waals surface area contributed by atoms with Crippen molar-refractivity contribution in [2.24, 2.45) is 0 Å². The van der Waals surface area contributed by atoms with Gasteiger partial charge in [0.05, 0.1) is 0 Å². The molecule has 2 aliphatic rings. The third kappa shape index (κ3) is 1.54.